The zero-order valence-corrected chi connectivity index (χ0v) is 12.9. The van der Waals surface area contributed by atoms with Crippen molar-refractivity contribution in [2.24, 2.45) is 5.92 Å². The maximum absolute atomic E-state index is 11.0. The van der Waals surface area contributed by atoms with E-state index in [0.29, 0.717) is 18.7 Å². The van der Waals surface area contributed by atoms with Gasteiger partial charge in [-0.1, -0.05) is 24.3 Å². The summed E-state index contributed by atoms with van der Waals surface area (Å²) in [6.45, 7) is 0. The van der Waals surface area contributed by atoms with E-state index in [0.717, 1.165) is 22.2 Å². The first-order chi connectivity index (χ1) is 11.7. The fourth-order valence-corrected chi connectivity index (χ4v) is 3.08. The van der Waals surface area contributed by atoms with E-state index in [2.05, 4.69) is 9.97 Å². The summed E-state index contributed by atoms with van der Waals surface area (Å²) in [5, 5.41) is 9.88. The average Bonchev–Trinajstić information content (AvgIpc) is 2.54. The van der Waals surface area contributed by atoms with Gasteiger partial charge in [-0.15, -0.1) is 0 Å². The number of carboxylic acids is 1. The molecule has 1 heterocycles. The van der Waals surface area contributed by atoms with E-state index in [4.69, 9.17) is 9.84 Å². The molecule has 0 unspecified atom stereocenters. The molecule has 5 nitrogen and oxygen atoms in total. The summed E-state index contributed by atoms with van der Waals surface area (Å²) >= 11 is 0. The fourth-order valence-electron chi connectivity index (χ4n) is 3.08. The lowest BCUT2D eigenvalue weighted by Gasteiger charge is -2.32. The first-order valence-electron chi connectivity index (χ1n) is 7.91. The zero-order valence-electron chi connectivity index (χ0n) is 12.9. The molecule has 1 N–H and O–H groups in total. The molecular weight excluding hydrogens is 304 g/mol. The number of nitrogens with zero attached hydrogens (tertiary/aromatic N) is 2. The molecule has 120 valence electrons. The molecule has 1 aliphatic carbocycles. The molecule has 0 bridgehead atoms. The van der Waals surface area contributed by atoms with Crippen LogP contribution in [0.2, 0.25) is 0 Å². The normalized spacial score (nSPS) is 19.7. The summed E-state index contributed by atoms with van der Waals surface area (Å²) in [7, 11) is 0. The number of carboxylic acid groups (broad SMARTS) is 1. The first kappa shape index (κ1) is 14.6. The molecule has 0 spiro atoms. The van der Waals surface area contributed by atoms with Gasteiger partial charge in [0.05, 0.1) is 16.8 Å². The molecule has 24 heavy (non-hydrogen) atoms. The van der Waals surface area contributed by atoms with Crippen LogP contribution in [0.4, 0.5) is 0 Å². The van der Waals surface area contributed by atoms with Gasteiger partial charge in [0.25, 0.3) is 0 Å². The predicted octanol–water partition coefficient (Wildman–Crippen LogP) is 4.00. The molecule has 1 saturated carbocycles. The molecule has 1 aliphatic rings. The Hall–Kier alpha value is -2.95. The third-order valence-electron chi connectivity index (χ3n) is 4.54. The van der Waals surface area contributed by atoms with Crippen molar-refractivity contribution in [3.05, 3.63) is 60.4 Å². The highest BCUT2D eigenvalue weighted by Crippen LogP contribution is 2.42. The standard InChI is InChI=1S/C19H16N2O3/c22-19(23)14-8-13(9-14)12-6-7-17-16(10-12)18(21-11-20-17)24-15-4-2-1-3-5-15/h1-7,10-11,13-14H,8-9H2,(H,22,23). The number of hydrogen-bond donors (Lipinski definition) is 1. The topological polar surface area (TPSA) is 72.3 Å². The molecule has 0 aliphatic heterocycles. The highest BCUT2D eigenvalue weighted by atomic mass is 16.5. The summed E-state index contributed by atoms with van der Waals surface area (Å²) < 4.78 is 5.89. The Morgan fingerprint density at radius 1 is 1.08 bits per heavy atom. The van der Waals surface area contributed by atoms with Crippen LogP contribution in [0.5, 0.6) is 11.6 Å². The second-order valence-corrected chi connectivity index (χ2v) is 6.07. The molecule has 0 atom stereocenters. The largest absolute Gasteiger partial charge is 0.481 e. The lowest BCUT2D eigenvalue weighted by Crippen LogP contribution is -2.28. The Labute approximate surface area is 138 Å². The van der Waals surface area contributed by atoms with Crippen LogP contribution in [0.3, 0.4) is 0 Å². The van der Waals surface area contributed by atoms with Gasteiger partial charge < -0.3 is 9.84 Å². The van der Waals surface area contributed by atoms with Gasteiger partial charge in [-0.05, 0) is 48.6 Å². The molecular formula is C19H16N2O3. The van der Waals surface area contributed by atoms with Crippen molar-refractivity contribution in [3.8, 4) is 11.6 Å². The number of aliphatic carboxylic acids is 1. The van der Waals surface area contributed by atoms with Gasteiger partial charge in [0, 0.05) is 0 Å². The number of carbonyl (C=O) groups is 1. The Bertz CT molecular complexity index is 890. The van der Waals surface area contributed by atoms with Crippen molar-refractivity contribution >= 4 is 16.9 Å². The van der Waals surface area contributed by atoms with Crippen LogP contribution in [-0.4, -0.2) is 21.0 Å². The van der Waals surface area contributed by atoms with Crippen LogP contribution >= 0.6 is 0 Å². The molecule has 2 aromatic carbocycles. The maximum atomic E-state index is 11.0. The van der Waals surface area contributed by atoms with Gasteiger partial charge in [-0.25, -0.2) is 9.97 Å². The van der Waals surface area contributed by atoms with E-state index < -0.39 is 5.97 Å². The van der Waals surface area contributed by atoms with Gasteiger partial charge in [0.2, 0.25) is 5.88 Å². The summed E-state index contributed by atoms with van der Waals surface area (Å²) in [5.74, 6) is 0.584. The van der Waals surface area contributed by atoms with Crippen LogP contribution in [0, 0.1) is 5.92 Å². The van der Waals surface area contributed by atoms with Crippen LogP contribution in [0.25, 0.3) is 10.9 Å². The molecule has 1 aromatic heterocycles. The number of ether oxygens (including phenoxy) is 1. The minimum Gasteiger partial charge on any atom is -0.481 e. The average molecular weight is 320 g/mol. The van der Waals surface area contributed by atoms with Gasteiger partial charge >= 0.3 is 5.97 Å². The third-order valence-corrected chi connectivity index (χ3v) is 4.54. The number of hydrogen-bond acceptors (Lipinski definition) is 4. The van der Waals surface area contributed by atoms with Crippen LogP contribution in [-0.2, 0) is 4.79 Å². The van der Waals surface area contributed by atoms with Gasteiger partial charge in [0.15, 0.2) is 0 Å². The Morgan fingerprint density at radius 3 is 2.62 bits per heavy atom. The van der Waals surface area contributed by atoms with Crippen molar-refractivity contribution < 1.29 is 14.6 Å². The monoisotopic (exact) mass is 320 g/mol. The second kappa shape index (κ2) is 5.92. The number of benzene rings is 2. The van der Waals surface area contributed by atoms with Crippen LogP contribution in [0.15, 0.2) is 54.9 Å². The zero-order chi connectivity index (χ0) is 16.5. The molecule has 4 rings (SSSR count). The van der Waals surface area contributed by atoms with E-state index in [9.17, 15) is 4.79 Å². The predicted molar refractivity (Wildman–Crippen MR) is 89.2 cm³/mol. The summed E-state index contributed by atoms with van der Waals surface area (Å²) in [4.78, 5) is 19.5. The second-order valence-electron chi connectivity index (χ2n) is 6.07. The number of fused-ring (bicyclic) bond motifs is 1. The van der Waals surface area contributed by atoms with Crippen molar-refractivity contribution in [1.29, 1.82) is 0 Å². The minimum atomic E-state index is -0.705. The lowest BCUT2D eigenvalue weighted by atomic mass is 9.71. The molecule has 3 aromatic rings. The lowest BCUT2D eigenvalue weighted by molar-refractivity contribution is -0.145. The number of aromatic nitrogens is 2. The van der Waals surface area contributed by atoms with E-state index in [1.165, 1.54) is 6.33 Å². The highest BCUT2D eigenvalue weighted by Gasteiger charge is 2.35. The van der Waals surface area contributed by atoms with Gasteiger partial charge in [-0.3, -0.25) is 4.79 Å². The molecule has 1 fully saturated rings. The van der Waals surface area contributed by atoms with E-state index in [1.807, 2.05) is 48.5 Å². The molecule has 0 saturated heterocycles. The highest BCUT2D eigenvalue weighted by molar-refractivity contribution is 5.84. The van der Waals surface area contributed by atoms with E-state index >= 15 is 0 Å². The Balaban J connectivity index is 1.65. The minimum absolute atomic E-state index is 0.224. The van der Waals surface area contributed by atoms with Gasteiger partial charge in [-0.2, -0.15) is 0 Å². The number of para-hydroxylation sites is 1. The third kappa shape index (κ3) is 2.69. The Morgan fingerprint density at radius 2 is 1.88 bits per heavy atom. The molecule has 0 radical (unpaired) electrons. The number of rotatable bonds is 4. The van der Waals surface area contributed by atoms with Crippen LogP contribution < -0.4 is 4.74 Å². The molecule has 0 amide bonds. The van der Waals surface area contributed by atoms with Crippen LogP contribution in [0.1, 0.15) is 24.3 Å². The smallest absolute Gasteiger partial charge is 0.306 e. The fraction of sp³-hybridized carbons (Fsp3) is 0.211. The summed E-state index contributed by atoms with van der Waals surface area (Å²) in [6.07, 6.45) is 2.86. The quantitative estimate of drug-likeness (QED) is 0.786. The summed E-state index contributed by atoms with van der Waals surface area (Å²) in [5.41, 5.74) is 1.93. The van der Waals surface area contributed by atoms with Crippen molar-refractivity contribution in [2.75, 3.05) is 0 Å². The Kier molecular flexibility index (Phi) is 3.61. The van der Waals surface area contributed by atoms with E-state index in [1.54, 1.807) is 0 Å². The maximum Gasteiger partial charge on any atom is 0.306 e. The van der Waals surface area contributed by atoms with Gasteiger partial charge in [0.1, 0.15) is 12.1 Å². The van der Waals surface area contributed by atoms with E-state index in [-0.39, 0.29) is 11.8 Å². The summed E-state index contributed by atoms with van der Waals surface area (Å²) in [6, 6.07) is 15.5. The van der Waals surface area contributed by atoms with Crippen molar-refractivity contribution in [2.45, 2.75) is 18.8 Å². The SMILES string of the molecule is O=C(O)C1CC(c2ccc3ncnc(Oc4ccccc4)c3c2)C1. The van der Waals surface area contributed by atoms with Crippen molar-refractivity contribution in [3.63, 3.8) is 0 Å². The first-order valence-corrected chi connectivity index (χ1v) is 7.91. The van der Waals surface area contributed by atoms with Crippen molar-refractivity contribution in [1.82, 2.24) is 9.97 Å². The molecule has 5 heteroatoms.